The van der Waals surface area contributed by atoms with Crippen LogP contribution in [0.15, 0.2) is 24.3 Å². The normalized spacial score (nSPS) is 11.8. The second-order valence-electron chi connectivity index (χ2n) is 4.12. The maximum atomic E-state index is 12.0. The first kappa shape index (κ1) is 14.2. The molecule has 0 unspecified atom stereocenters. The molecule has 2 aromatic rings. The molecule has 0 aliphatic heterocycles. The number of rotatable bonds is 5. The lowest BCUT2D eigenvalue weighted by Gasteiger charge is -2.03. The molecule has 6 heteroatoms. The third kappa shape index (κ3) is 3.00. The minimum Gasteiger partial charge on any atom is -0.469 e. The number of carbonyl (C=O) groups is 2. The molecule has 0 N–H and O–H groups in total. The van der Waals surface area contributed by atoms with E-state index in [-0.39, 0.29) is 18.6 Å². The van der Waals surface area contributed by atoms with E-state index in [1.807, 2.05) is 30.3 Å². The van der Waals surface area contributed by atoms with Gasteiger partial charge < -0.3 is 4.74 Å². The molecule has 0 bridgehead atoms. The van der Waals surface area contributed by atoms with Crippen LogP contribution in [0.4, 0.5) is 0 Å². The zero-order valence-electron chi connectivity index (χ0n) is 10.8. The van der Waals surface area contributed by atoms with Gasteiger partial charge in [0.15, 0.2) is 11.7 Å². The molecule has 0 saturated carbocycles. The van der Waals surface area contributed by atoms with E-state index >= 15 is 0 Å². The molecular formula is C14H12N2O3S. The number of benzene rings is 1. The molecule has 5 nitrogen and oxygen atoms in total. The largest absolute Gasteiger partial charge is 0.469 e. The van der Waals surface area contributed by atoms with Gasteiger partial charge in [-0.15, -0.1) is 11.3 Å². The average molecular weight is 288 g/mol. The molecule has 20 heavy (non-hydrogen) atoms. The highest BCUT2D eigenvalue weighted by molar-refractivity contribution is 7.18. The van der Waals surface area contributed by atoms with E-state index in [4.69, 9.17) is 0 Å². The monoisotopic (exact) mass is 288 g/mol. The summed E-state index contributed by atoms with van der Waals surface area (Å²) >= 11 is 1.33. The number of ketones is 1. The molecule has 0 fully saturated rings. The predicted molar refractivity (Wildman–Crippen MR) is 74.2 cm³/mol. The van der Waals surface area contributed by atoms with Crippen LogP contribution in [-0.2, 0) is 14.3 Å². The van der Waals surface area contributed by atoms with E-state index in [0.717, 1.165) is 10.2 Å². The van der Waals surface area contributed by atoms with Crippen molar-refractivity contribution in [3.8, 4) is 6.07 Å². The van der Waals surface area contributed by atoms with E-state index in [2.05, 4.69) is 9.72 Å². The number of nitriles is 1. The molecule has 0 spiro atoms. The summed E-state index contributed by atoms with van der Waals surface area (Å²) < 4.78 is 5.41. The molecule has 1 aromatic carbocycles. The number of carbonyl (C=O) groups excluding carboxylic acids is 2. The van der Waals surface area contributed by atoms with Crippen LogP contribution in [0.3, 0.4) is 0 Å². The van der Waals surface area contributed by atoms with Crippen LogP contribution in [0.1, 0.15) is 23.8 Å². The van der Waals surface area contributed by atoms with Crippen LogP contribution in [0.5, 0.6) is 0 Å². The van der Waals surface area contributed by atoms with Gasteiger partial charge in [-0.1, -0.05) is 12.1 Å². The fourth-order valence-electron chi connectivity index (χ4n) is 1.75. The highest BCUT2D eigenvalue weighted by Gasteiger charge is 2.24. The van der Waals surface area contributed by atoms with Crippen LogP contribution >= 0.6 is 11.3 Å². The number of thiazole rings is 1. The van der Waals surface area contributed by atoms with E-state index in [1.165, 1.54) is 18.4 Å². The van der Waals surface area contributed by atoms with E-state index < -0.39 is 11.9 Å². The Balaban J connectivity index is 2.17. The van der Waals surface area contributed by atoms with Gasteiger partial charge in [-0.05, 0) is 12.1 Å². The lowest BCUT2D eigenvalue weighted by molar-refractivity contribution is -0.141. The number of hydrogen-bond acceptors (Lipinski definition) is 6. The summed E-state index contributed by atoms with van der Waals surface area (Å²) in [4.78, 5) is 27.4. The number of ether oxygens (including phenoxy) is 1. The molecule has 0 aliphatic carbocycles. The number of methoxy groups -OCH3 is 1. The minimum atomic E-state index is -0.919. The van der Waals surface area contributed by atoms with Crippen molar-refractivity contribution in [3.05, 3.63) is 29.3 Å². The quantitative estimate of drug-likeness (QED) is 0.789. The zero-order chi connectivity index (χ0) is 14.5. The number of para-hydroxylation sites is 1. The fourth-order valence-corrected chi connectivity index (χ4v) is 2.79. The highest BCUT2D eigenvalue weighted by Crippen LogP contribution is 2.28. The number of Topliss-reactive ketones (excluding diaryl/α,β-unsaturated/α-hetero) is 1. The Bertz CT molecular complexity index is 654. The number of nitrogens with zero attached hydrogens (tertiary/aromatic N) is 2. The third-order valence-corrected chi connectivity index (χ3v) is 3.91. The Morgan fingerprint density at radius 3 is 2.80 bits per heavy atom. The van der Waals surface area contributed by atoms with Gasteiger partial charge in [0.2, 0.25) is 0 Å². The van der Waals surface area contributed by atoms with Crippen molar-refractivity contribution in [2.45, 2.75) is 18.8 Å². The first-order chi connectivity index (χ1) is 9.65. The Kier molecular flexibility index (Phi) is 4.43. The molecule has 0 aliphatic rings. The lowest BCUT2D eigenvalue weighted by Crippen LogP contribution is -2.13. The summed E-state index contributed by atoms with van der Waals surface area (Å²) in [5, 5.41) is 9.65. The third-order valence-electron chi connectivity index (χ3n) is 2.81. The summed E-state index contributed by atoms with van der Waals surface area (Å²) in [5.74, 6) is -1.69. The SMILES string of the molecule is COC(=O)CCC(=O)[C@H](C#N)c1nc2ccccc2s1. The smallest absolute Gasteiger partial charge is 0.305 e. The van der Waals surface area contributed by atoms with Crippen molar-refractivity contribution < 1.29 is 14.3 Å². The van der Waals surface area contributed by atoms with Crippen LogP contribution in [0.2, 0.25) is 0 Å². The van der Waals surface area contributed by atoms with Crippen LogP contribution in [-0.4, -0.2) is 23.8 Å². The van der Waals surface area contributed by atoms with Gasteiger partial charge in [-0.2, -0.15) is 5.26 Å². The van der Waals surface area contributed by atoms with Gasteiger partial charge in [0.1, 0.15) is 5.01 Å². The summed E-state index contributed by atoms with van der Waals surface area (Å²) in [5.41, 5.74) is 0.772. The van der Waals surface area contributed by atoms with Crippen molar-refractivity contribution >= 4 is 33.3 Å². The van der Waals surface area contributed by atoms with Gasteiger partial charge in [-0.25, -0.2) is 4.98 Å². The van der Waals surface area contributed by atoms with Crippen molar-refractivity contribution in [1.82, 2.24) is 4.98 Å². The summed E-state index contributed by atoms with van der Waals surface area (Å²) in [6, 6.07) is 9.43. The maximum Gasteiger partial charge on any atom is 0.305 e. The summed E-state index contributed by atoms with van der Waals surface area (Å²) in [6.45, 7) is 0. The Labute approximate surface area is 119 Å². The first-order valence-electron chi connectivity index (χ1n) is 6.00. The maximum absolute atomic E-state index is 12.0. The van der Waals surface area contributed by atoms with Gasteiger partial charge >= 0.3 is 5.97 Å². The number of aromatic nitrogens is 1. The molecule has 0 amide bonds. The van der Waals surface area contributed by atoms with Crippen LogP contribution in [0.25, 0.3) is 10.2 Å². The van der Waals surface area contributed by atoms with Gasteiger partial charge in [0.25, 0.3) is 0 Å². The van der Waals surface area contributed by atoms with Gasteiger partial charge in [0.05, 0.1) is 29.8 Å². The summed E-state index contributed by atoms with van der Waals surface area (Å²) in [7, 11) is 1.27. The Morgan fingerprint density at radius 1 is 1.40 bits per heavy atom. The molecule has 102 valence electrons. The first-order valence-corrected chi connectivity index (χ1v) is 6.82. The molecular weight excluding hydrogens is 276 g/mol. The molecule has 1 atom stereocenters. The molecule has 2 rings (SSSR count). The van der Waals surface area contributed by atoms with E-state index in [9.17, 15) is 14.9 Å². The van der Waals surface area contributed by atoms with Crippen molar-refractivity contribution in [1.29, 1.82) is 5.26 Å². The standard InChI is InChI=1S/C14H12N2O3S/c1-19-13(18)7-6-11(17)9(8-15)14-16-10-4-2-3-5-12(10)20-14/h2-5,9H,6-7H2,1H3/t9-/m0/s1. The Morgan fingerprint density at radius 2 is 2.15 bits per heavy atom. The minimum absolute atomic E-state index is 0.0131. The molecule has 0 radical (unpaired) electrons. The van der Waals surface area contributed by atoms with Crippen molar-refractivity contribution in [2.24, 2.45) is 0 Å². The van der Waals surface area contributed by atoms with Gasteiger partial charge in [0, 0.05) is 6.42 Å². The fraction of sp³-hybridized carbons (Fsp3) is 0.286. The van der Waals surface area contributed by atoms with E-state index in [0.29, 0.717) is 5.01 Å². The number of hydrogen-bond donors (Lipinski definition) is 0. The Hall–Kier alpha value is -2.26. The number of esters is 1. The zero-order valence-corrected chi connectivity index (χ0v) is 11.6. The van der Waals surface area contributed by atoms with Crippen LogP contribution < -0.4 is 0 Å². The molecule has 0 saturated heterocycles. The average Bonchev–Trinajstić information content (AvgIpc) is 2.88. The second-order valence-corrected chi connectivity index (χ2v) is 5.19. The molecule has 1 aromatic heterocycles. The van der Waals surface area contributed by atoms with Gasteiger partial charge in [-0.3, -0.25) is 9.59 Å². The second kappa shape index (κ2) is 6.26. The topological polar surface area (TPSA) is 80.0 Å². The lowest BCUT2D eigenvalue weighted by atomic mass is 10.0. The predicted octanol–water partition coefficient (Wildman–Crippen LogP) is 2.43. The van der Waals surface area contributed by atoms with Crippen molar-refractivity contribution in [3.63, 3.8) is 0 Å². The summed E-state index contributed by atoms with van der Waals surface area (Å²) in [6.07, 6.45) is -0.0285. The molecule has 1 heterocycles. The van der Waals surface area contributed by atoms with E-state index in [1.54, 1.807) is 0 Å². The highest BCUT2D eigenvalue weighted by atomic mass is 32.1. The number of fused-ring (bicyclic) bond motifs is 1. The van der Waals surface area contributed by atoms with Crippen LogP contribution in [0, 0.1) is 11.3 Å². The van der Waals surface area contributed by atoms with Crippen molar-refractivity contribution in [2.75, 3.05) is 7.11 Å².